The number of carbonyl (C=O) groups excluding carboxylic acids is 2. The molecule has 0 aliphatic carbocycles. The number of piperazine rings is 1. The minimum atomic E-state index is -0.131. The van der Waals surface area contributed by atoms with Gasteiger partial charge in [0, 0.05) is 12.1 Å². The summed E-state index contributed by atoms with van der Waals surface area (Å²) in [6, 6.07) is 8.96. The fourth-order valence-electron chi connectivity index (χ4n) is 3.35. The van der Waals surface area contributed by atoms with Gasteiger partial charge in [-0.05, 0) is 18.4 Å². The molecule has 1 saturated heterocycles. The number of amides is 2. The van der Waals surface area contributed by atoms with E-state index in [0.717, 1.165) is 32.7 Å². The van der Waals surface area contributed by atoms with Crippen LogP contribution in [0.4, 0.5) is 0 Å². The van der Waals surface area contributed by atoms with Crippen LogP contribution < -0.4 is 20.4 Å². The lowest BCUT2D eigenvalue weighted by Gasteiger charge is -2.29. The molecule has 0 radical (unpaired) electrons. The number of benzene rings is 1. The van der Waals surface area contributed by atoms with Gasteiger partial charge in [0.05, 0.1) is 6.54 Å². The van der Waals surface area contributed by atoms with Crippen LogP contribution in [-0.4, -0.2) is 57.6 Å². The molecule has 144 valence electrons. The zero-order chi connectivity index (χ0) is 18.9. The molecule has 2 rings (SSSR count). The van der Waals surface area contributed by atoms with Gasteiger partial charge in [-0.25, -0.2) is 0 Å². The zero-order valence-corrected chi connectivity index (χ0v) is 16.4. The average Bonchev–Trinajstić information content (AvgIpc) is 2.62. The number of nitrogens with one attached hydrogen (secondary N) is 4. The van der Waals surface area contributed by atoms with E-state index in [1.165, 1.54) is 16.0 Å². The Morgan fingerprint density at radius 1 is 0.962 bits per heavy atom. The summed E-state index contributed by atoms with van der Waals surface area (Å²) in [4.78, 5) is 26.2. The van der Waals surface area contributed by atoms with Crippen LogP contribution in [0.3, 0.4) is 0 Å². The molecule has 1 heterocycles. The Kier molecular flexibility index (Phi) is 8.06. The molecule has 2 amide bonds. The first kappa shape index (κ1) is 20.4. The van der Waals surface area contributed by atoms with Crippen molar-refractivity contribution in [2.24, 2.45) is 0 Å². The van der Waals surface area contributed by atoms with Gasteiger partial charge >= 0.3 is 0 Å². The smallest absolute Gasteiger partial charge is 0.275 e. The molecule has 0 saturated carbocycles. The minimum Gasteiger partial charge on any atom is -0.355 e. The van der Waals surface area contributed by atoms with Crippen molar-refractivity contribution in [3.05, 3.63) is 35.4 Å². The molecule has 0 bridgehead atoms. The second kappa shape index (κ2) is 10.3. The highest BCUT2D eigenvalue weighted by Crippen LogP contribution is 2.14. The summed E-state index contributed by atoms with van der Waals surface area (Å²) in [5.74, 6) is 0.398. The van der Waals surface area contributed by atoms with E-state index in [4.69, 9.17) is 0 Å². The molecule has 1 fully saturated rings. The topological polar surface area (TPSA) is 67.1 Å². The SMILES string of the molecule is CCNC(=O)CNC(=O)C[NH+]1CC[NH+](Cc2ccc(C(C)C)cc2)CC1. The molecule has 1 aromatic carbocycles. The number of carbonyl (C=O) groups is 2. The molecule has 6 nitrogen and oxygen atoms in total. The predicted molar refractivity (Wildman–Crippen MR) is 102 cm³/mol. The fourth-order valence-corrected chi connectivity index (χ4v) is 3.35. The van der Waals surface area contributed by atoms with E-state index in [0.29, 0.717) is 19.0 Å². The lowest BCUT2D eigenvalue weighted by atomic mass is 10.0. The van der Waals surface area contributed by atoms with E-state index in [-0.39, 0.29) is 18.4 Å². The third-order valence-electron chi connectivity index (χ3n) is 5.00. The summed E-state index contributed by atoms with van der Waals surface area (Å²) in [5, 5.41) is 5.38. The third kappa shape index (κ3) is 6.77. The Bertz CT molecular complexity index is 578. The summed E-state index contributed by atoms with van der Waals surface area (Å²) in [7, 11) is 0. The van der Waals surface area contributed by atoms with Crippen molar-refractivity contribution < 1.29 is 19.4 Å². The van der Waals surface area contributed by atoms with Crippen molar-refractivity contribution in [3.63, 3.8) is 0 Å². The molecule has 0 unspecified atom stereocenters. The van der Waals surface area contributed by atoms with Gasteiger partial charge in [0.25, 0.3) is 5.91 Å². The van der Waals surface area contributed by atoms with Gasteiger partial charge in [-0.15, -0.1) is 0 Å². The van der Waals surface area contributed by atoms with Crippen LogP contribution in [0, 0.1) is 0 Å². The summed E-state index contributed by atoms with van der Waals surface area (Å²) < 4.78 is 0. The molecular formula is C20H34N4O2+2. The van der Waals surface area contributed by atoms with Crippen LogP contribution in [0.25, 0.3) is 0 Å². The molecule has 4 N–H and O–H groups in total. The summed E-state index contributed by atoms with van der Waals surface area (Å²) >= 11 is 0. The summed E-state index contributed by atoms with van der Waals surface area (Å²) in [6.07, 6.45) is 0. The van der Waals surface area contributed by atoms with Crippen LogP contribution >= 0.6 is 0 Å². The van der Waals surface area contributed by atoms with E-state index < -0.39 is 0 Å². The Morgan fingerprint density at radius 2 is 1.58 bits per heavy atom. The van der Waals surface area contributed by atoms with Crippen LogP contribution in [0.5, 0.6) is 0 Å². The lowest BCUT2D eigenvalue weighted by Crippen LogP contribution is -3.28. The molecule has 1 aliphatic rings. The number of hydrogen-bond acceptors (Lipinski definition) is 2. The van der Waals surface area contributed by atoms with E-state index in [1.54, 1.807) is 4.90 Å². The second-order valence-corrected chi connectivity index (χ2v) is 7.48. The molecule has 6 heteroatoms. The van der Waals surface area contributed by atoms with Crippen molar-refractivity contribution >= 4 is 11.8 Å². The molecule has 1 aliphatic heterocycles. The average molecular weight is 363 g/mol. The van der Waals surface area contributed by atoms with Gasteiger partial charge in [0.15, 0.2) is 6.54 Å². The fraction of sp³-hybridized carbons (Fsp3) is 0.600. The first-order valence-corrected chi connectivity index (χ1v) is 9.77. The van der Waals surface area contributed by atoms with Gasteiger partial charge in [-0.3, -0.25) is 9.59 Å². The van der Waals surface area contributed by atoms with Crippen molar-refractivity contribution in [2.45, 2.75) is 33.2 Å². The zero-order valence-electron chi connectivity index (χ0n) is 16.4. The predicted octanol–water partition coefficient (Wildman–Crippen LogP) is -1.65. The highest BCUT2D eigenvalue weighted by molar-refractivity contribution is 5.84. The molecule has 1 aromatic rings. The van der Waals surface area contributed by atoms with Crippen LogP contribution in [0.15, 0.2) is 24.3 Å². The van der Waals surface area contributed by atoms with Gasteiger partial charge in [-0.2, -0.15) is 0 Å². The van der Waals surface area contributed by atoms with Gasteiger partial charge in [0.1, 0.15) is 32.7 Å². The van der Waals surface area contributed by atoms with Crippen molar-refractivity contribution in [1.29, 1.82) is 0 Å². The molecule has 0 atom stereocenters. The standard InChI is InChI=1S/C20H32N4O2/c1-4-21-19(25)13-22-20(26)15-24-11-9-23(10-12-24)14-17-5-7-18(8-6-17)16(2)3/h5-8,16H,4,9-15H2,1-3H3,(H,21,25)(H,22,26)/p+2. The van der Waals surface area contributed by atoms with Crippen molar-refractivity contribution in [1.82, 2.24) is 10.6 Å². The highest BCUT2D eigenvalue weighted by Gasteiger charge is 2.24. The molecule has 0 aromatic heterocycles. The van der Waals surface area contributed by atoms with Crippen molar-refractivity contribution in [3.8, 4) is 0 Å². The number of quaternary nitrogens is 2. The van der Waals surface area contributed by atoms with Gasteiger partial charge < -0.3 is 20.4 Å². The second-order valence-electron chi connectivity index (χ2n) is 7.48. The molecular weight excluding hydrogens is 328 g/mol. The number of rotatable bonds is 8. The minimum absolute atomic E-state index is 0.0426. The Balaban J connectivity index is 1.68. The Labute approximate surface area is 156 Å². The maximum Gasteiger partial charge on any atom is 0.275 e. The highest BCUT2D eigenvalue weighted by atomic mass is 16.2. The van der Waals surface area contributed by atoms with Gasteiger partial charge in [-0.1, -0.05) is 38.1 Å². The summed E-state index contributed by atoms with van der Waals surface area (Å²) in [6.45, 7) is 12.6. The Hall–Kier alpha value is -1.92. The van der Waals surface area contributed by atoms with E-state index in [9.17, 15) is 9.59 Å². The molecule has 26 heavy (non-hydrogen) atoms. The maximum absolute atomic E-state index is 12.0. The maximum atomic E-state index is 12.0. The van der Waals surface area contributed by atoms with E-state index in [1.807, 2.05) is 6.92 Å². The largest absolute Gasteiger partial charge is 0.355 e. The van der Waals surface area contributed by atoms with E-state index in [2.05, 4.69) is 48.7 Å². The first-order chi connectivity index (χ1) is 12.5. The van der Waals surface area contributed by atoms with Crippen molar-refractivity contribution in [2.75, 3.05) is 45.8 Å². The number of hydrogen-bond donors (Lipinski definition) is 4. The summed E-state index contributed by atoms with van der Waals surface area (Å²) in [5.41, 5.74) is 2.77. The quantitative estimate of drug-likeness (QED) is 0.448. The molecule has 0 spiro atoms. The first-order valence-electron chi connectivity index (χ1n) is 9.77. The van der Waals surface area contributed by atoms with Crippen LogP contribution in [0.1, 0.15) is 37.8 Å². The Morgan fingerprint density at radius 3 is 2.15 bits per heavy atom. The monoisotopic (exact) mass is 362 g/mol. The lowest BCUT2D eigenvalue weighted by molar-refractivity contribution is -1.02. The normalized spacial score (nSPS) is 20.0. The third-order valence-corrected chi connectivity index (χ3v) is 5.00. The number of likely N-dealkylation sites (N-methyl/N-ethyl adjacent to an activating group) is 1. The van der Waals surface area contributed by atoms with E-state index >= 15 is 0 Å². The van der Waals surface area contributed by atoms with Gasteiger partial charge in [0.2, 0.25) is 5.91 Å². The van der Waals surface area contributed by atoms with Crippen LogP contribution in [-0.2, 0) is 16.1 Å². The van der Waals surface area contributed by atoms with Crippen LogP contribution in [0.2, 0.25) is 0 Å².